The predicted octanol–water partition coefficient (Wildman–Crippen LogP) is 4.19. The van der Waals surface area contributed by atoms with Crippen molar-refractivity contribution in [2.24, 2.45) is 0 Å². The van der Waals surface area contributed by atoms with Crippen molar-refractivity contribution in [1.29, 1.82) is 0 Å². The molecule has 0 saturated heterocycles. The molecule has 110 valence electrons. The topological polar surface area (TPSA) is 37.3 Å². The Morgan fingerprint density at radius 3 is 1.50 bits per heavy atom. The van der Waals surface area contributed by atoms with Crippen LogP contribution in [0.5, 0.6) is 0 Å². The third kappa shape index (κ3) is 8.92. The summed E-state index contributed by atoms with van der Waals surface area (Å²) >= 11 is 0. The van der Waals surface area contributed by atoms with Crippen molar-refractivity contribution < 1.29 is 27.0 Å². The van der Waals surface area contributed by atoms with E-state index < -0.39 is 5.97 Å². The molecule has 0 heterocycles. The molecule has 0 aliphatic heterocycles. The molecule has 3 aromatic carbocycles. The molecule has 0 amide bonds. The summed E-state index contributed by atoms with van der Waals surface area (Å²) in [6, 6.07) is 28.3. The molecule has 0 aromatic heterocycles. The van der Waals surface area contributed by atoms with Gasteiger partial charge in [-0.25, -0.2) is 16.9 Å². The zero-order chi connectivity index (χ0) is 13.8. The Balaban J connectivity index is 0.000000282. The molecule has 3 rings (SSSR count). The number of hydrogen-bond acceptors (Lipinski definition) is 1. The Kier molecular flexibility index (Phi) is 10.7. The van der Waals surface area contributed by atoms with Gasteiger partial charge in [-0.15, -0.1) is 0 Å². The fourth-order valence-electron chi connectivity index (χ4n) is 1.22. The number of aromatic carboxylic acids is 1. The molecule has 0 atom stereocenters. The standard InChI is InChI=1S/C7H6O2.2C5H5.Fe/c8-7(9)6-4-2-1-3-5-6;2*1-2-4-5-3-1;/h1-5H,(H,8,9);2*1-5H;/q;-5;-1;. The van der Waals surface area contributed by atoms with Crippen molar-refractivity contribution in [1.82, 2.24) is 0 Å². The number of benzene rings is 1. The number of rotatable bonds is 1. The van der Waals surface area contributed by atoms with E-state index in [-0.39, 0.29) is 17.1 Å². The first-order chi connectivity index (χ1) is 9.30. The molecule has 2 nitrogen and oxygen atoms in total. The van der Waals surface area contributed by atoms with Crippen LogP contribution in [0.2, 0.25) is 0 Å². The minimum Gasteiger partial charge on any atom is -0.748 e. The van der Waals surface area contributed by atoms with Crippen LogP contribution in [-0.2, 0) is 17.1 Å². The summed E-state index contributed by atoms with van der Waals surface area (Å²) in [5.74, 6) is -0.879. The molecular formula is C17H16FeO2-6. The summed E-state index contributed by atoms with van der Waals surface area (Å²) in [5, 5.41) is 8.38. The summed E-state index contributed by atoms with van der Waals surface area (Å²) in [6.07, 6.45) is 0. The molecule has 20 heavy (non-hydrogen) atoms. The first-order valence-corrected chi connectivity index (χ1v) is 5.92. The van der Waals surface area contributed by atoms with Gasteiger partial charge >= 0.3 is 5.97 Å². The van der Waals surface area contributed by atoms with E-state index in [9.17, 15) is 4.79 Å². The van der Waals surface area contributed by atoms with Crippen LogP contribution in [0.25, 0.3) is 0 Å². The Labute approximate surface area is 129 Å². The summed E-state index contributed by atoms with van der Waals surface area (Å²) in [5.41, 5.74) is 0.331. The molecule has 0 saturated carbocycles. The van der Waals surface area contributed by atoms with Crippen LogP contribution in [0.4, 0.5) is 0 Å². The van der Waals surface area contributed by atoms with Crippen molar-refractivity contribution in [3.63, 3.8) is 0 Å². The van der Waals surface area contributed by atoms with Gasteiger partial charge in [0, 0.05) is 17.1 Å². The summed E-state index contributed by atoms with van der Waals surface area (Å²) in [4.78, 5) is 10.2. The molecule has 0 spiro atoms. The van der Waals surface area contributed by atoms with Gasteiger partial charge in [-0.2, -0.15) is 18.2 Å². The Bertz CT molecular complexity index is 453. The minimum absolute atomic E-state index is 0. The zero-order valence-corrected chi connectivity index (χ0v) is 12.0. The van der Waals surface area contributed by atoms with Crippen molar-refractivity contribution in [3.8, 4) is 0 Å². The normalized spacial score (nSPS) is 8.00. The van der Waals surface area contributed by atoms with Crippen LogP contribution in [-0.4, -0.2) is 11.1 Å². The van der Waals surface area contributed by atoms with Crippen molar-refractivity contribution in [3.05, 3.63) is 96.6 Å². The molecule has 1 N–H and O–H groups in total. The van der Waals surface area contributed by atoms with Crippen LogP contribution in [0.15, 0.2) is 91.0 Å². The number of hydrogen-bond donors (Lipinski definition) is 1. The SMILES string of the molecule is O=C(O)c1ccccc1.[Fe].[cH-]1[cH-][cH-][cH-][cH-]1.c1cc[cH-]c1. The molecule has 0 aliphatic carbocycles. The first kappa shape index (κ1) is 17.9. The minimum atomic E-state index is -0.879. The van der Waals surface area contributed by atoms with E-state index in [1.54, 1.807) is 30.3 Å². The van der Waals surface area contributed by atoms with E-state index in [0.717, 1.165) is 0 Å². The van der Waals surface area contributed by atoms with E-state index in [1.165, 1.54) is 0 Å². The molecular weight excluding hydrogens is 292 g/mol. The number of carboxylic acid groups (broad SMARTS) is 1. The maximum Gasteiger partial charge on any atom is 0.335 e. The van der Waals surface area contributed by atoms with E-state index in [1.807, 2.05) is 60.7 Å². The third-order valence-corrected chi connectivity index (χ3v) is 2.13. The van der Waals surface area contributed by atoms with Gasteiger partial charge in [0.05, 0.1) is 5.56 Å². The first-order valence-electron chi connectivity index (χ1n) is 5.92. The number of carbonyl (C=O) groups is 1. The second kappa shape index (κ2) is 12.0. The van der Waals surface area contributed by atoms with Gasteiger partial charge in [0.25, 0.3) is 0 Å². The van der Waals surface area contributed by atoms with Gasteiger partial charge in [0.1, 0.15) is 0 Å². The predicted molar refractivity (Wildman–Crippen MR) is 77.5 cm³/mol. The fourth-order valence-corrected chi connectivity index (χ4v) is 1.22. The second-order valence-corrected chi connectivity index (χ2v) is 3.60. The van der Waals surface area contributed by atoms with Crippen LogP contribution in [0.1, 0.15) is 10.4 Å². The molecule has 3 aromatic rings. The average molecular weight is 308 g/mol. The van der Waals surface area contributed by atoms with Gasteiger partial charge in [0.2, 0.25) is 0 Å². The van der Waals surface area contributed by atoms with Crippen molar-refractivity contribution in [2.45, 2.75) is 0 Å². The van der Waals surface area contributed by atoms with E-state index in [4.69, 9.17) is 5.11 Å². The number of carboxylic acids is 1. The molecule has 0 fully saturated rings. The van der Waals surface area contributed by atoms with Gasteiger partial charge in [-0.05, 0) is 12.1 Å². The Hall–Kier alpha value is -2.09. The quantitative estimate of drug-likeness (QED) is 0.540. The Morgan fingerprint density at radius 2 is 1.25 bits per heavy atom. The van der Waals surface area contributed by atoms with E-state index in [0.29, 0.717) is 5.56 Å². The average Bonchev–Trinajstić information content (AvgIpc) is 3.18. The summed E-state index contributed by atoms with van der Waals surface area (Å²) in [6.45, 7) is 0. The summed E-state index contributed by atoms with van der Waals surface area (Å²) in [7, 11) is 0. The van der Waals surface area contributed by atoms with Gasteiger partial charge in [0.15, 0.2) is 0 Å². The van der Waals surface area contributed by atoms with Gasteiger partial charge < -0.3 is 35.4 Å². The maximum absolute atomic E-state index is 10.2. The van der Waals surface area contributed by atoms with Gasteiger partial charge in [-0.1, -0.05) is 18.2 Å². The molecule has 3 heteroatoms. The van der Waals surface area contributed by atoms with Gasteiger partial charge in [-0.3, -0.25) is 0 Å². The molecule has 0 bridgehead atoms. The molecule has 0 aliphatic rings. The van der Waals surface area contributed by atoms with Crippen LogP contribution < -0.4 is 0 Å². The smallest absolute Gasteiger partial charge is 0.335 e. The van der Waals surface area contributed by atoms with Crippen molar-refractivity contribution in [2.75, 3.05) is 0 Å². The summed E-state index contributed by atoms with van der Waals surface area (Å²) < 4.78 is 0. The van der Waals surface area contributed by atoms with Crippen LogP contribution >= 0.6 is 0 Å². The second-order valence-electron chi connectivity index (χ2n) is 3.60. The maximum atomic E-state index is 10.2. The molecule has 0 unspecified atom stereocenters. The Morgan fingerprint density at radius 1 is 0.800 bits per heavy atom. The fraction of sp³-hybridized carbons (Fsp3) is 0. The molecule has 0 radical (unpaired) electrons. The monoisotopic (exact) mass is 308 g/mol. The van der Waals surface area contributed by atoms with Crippen LogP contribution in [0, 0.1) is 0 Å². The third-order valence-electron chi connectivity index (χ3n) is 2.13. The largest absolute Gasteiger partial charge is 0.748 e. The zero-order valence-electron chi connectivity index (χ0n) is 10.9. The van der Waals surface area contributed by atoms with Crippen LogP contribution in [0.3, 0.4) is 0 Å². The van der Waals surface area contributed by atoms with E-state index >= 15 is 0 Å². The van der Waals surface area contributed by atoms with Crippen molar-refractivity contribution >= 4 is 5.97 Å². The van der Waals surface area contributed by atoms with E-state index in [2.05, 4.69) is 0 Å².